The molecule has 0 aliphatic carbocycles. The third-order valence-electron chi connectivity index (χ3n) is 3.91. The van der Waals surface area contributed by atoms with Crippen LogP contribution in [0, 0.1) is 0 Å². The lowest BCUT2D eigenvalue weighted by Gasteiger charge is -2.11. The van der Waals surface area contributed by atoms with Gasteiger partial charge in [-0.05, 0) is 53.6 Å². The Morgan fingerprint density at radius 1 is 1.04 bits per heavy atom. The van der Waals surface area contributed by atoms with Crippen LogP contribution in [0.15, 0.2) is 82.4 Å². The van der Waals surface area contributed by atoms with E-state index in [1.54, 1.807) is 43.7 Å². The summed E-state index contributed by atoms with van der Waals surface area (Å²) in [4.78, 5) is 12.1. The molecule has 142 valence electrons. The summed E-state index contributed by atoms with van der Waals surface area (Å²) < 4.78 is 12.2. The van der Waals surface area contributed by atoms with Gasteiger partial charge in [-0.3, -0.25) is 4.79 Å². The second-order valence-electron chi connectivity index (χ2n) is 5.89. The lowest BCUT2D eigenvalue weighted by molar-refractivity contribution is 0.0955. The Bertz CT molecular complexity index is 957. The molecular formula is C22H19BrN2O3. The quantitative estimate of drug-likeness (QED) is 0.425. The highest BCUT2D eigenvalue weighted by Gasteiger charge is 2.06. The fourth-order valence-corrected chi connectivity index (χ4v) is 2.71. The van der Waals surface area contributed by atoms with Crippen LogP contribution in [0.5, 0.6) is 11.5 Å². The number of carbonyl (C=O) groups excluding carboxylic acids is 1. The van der Waals surface area contributed by atoms with Crippen LogP contribution in [0.3, 0.4) is 0 Å². The second-order valence-corrected chi connectivity index (χ2v) is 6.81. The van der Waals surface area contributed by atoms with Gasteiger partial charge in [0.05, 0.1) is 13.3 Å². The molecule has 0 spiro atoms. The van der Waals surface area contributed by atoms with Crippen molar-refractivity contribution in [2.45, 2.75) is 6.61 Å². The largest absolute Gasteiger partial charge is 0.493 e. The average Bonchev–Trinajstić information content (AvgIpc) is 2.73. The number of hydrogen-bond donors (Lipinski definition) is 1. The first kappa shape index (κ1) is 19.6. The molecule has 0 fully saturated rings. The maximum absolute atomic E-state index is 12.1. The summed E-state index contributed by atoms with van der Waals surface area (Å²) in [6, 6.07) is 22.4. The molecule has 0 atom stereocenters. The predicted octanol–water partition coefficient (Wildman–Crippen LogP) is 4.80. The average molecular weight is 439 g/mol. The molecule has 1 N–H and O–H groups in total. The van der Waals surface area contributed by atoms with Gasteiger partial charge >= 0.3 is 0 Å². The van der Waals surface area contributed by atoms with Crippen molar-refractivity contribution in [1.82, 2.24) is 5.43 Å². The summed E-state index contributed by atoms with van der Waals surface area (Å²) >= 11 is 3.34. The number of hydrogen-bond acceptors (Lipinski definition) is 4. The van der Waals surface area contributed by atoms with Gasteiger partial charge in [-0.25, -0.2) is 5.43 Å². The summed E-state index contributed by atoms with van der Waals surface area (Å²) in [7, 11) is 1.58. The Balaban J connectivity index is 1.61. The van der Waals surface area contributed by atoms with E-state index >= 15 is 0 Å². The van der Waals surface area contributed by atoms with Gasteiger partial charge in [0.15, 0.2) is 11.5 Å². The third kappa shape index (κ3) is 5.44. The zero-order chi connectivity index (χ0) is 19.8. The number of methoxy groups -OCH3 is 1. The molecule has 0 unspecified atom stereocenters. The molecule has 5 nitrogen and oxygen atoms in total. The maximum atomic E-state index is 12.1. The van der Waals surface area contributed by atoms with Gasteiger partial charge < -0.3 is 9.47 Å². The van der Waals surface area contributed by atoms with Crippen molar-refractivity contribution in [3.8, 4) is 11.5 Å². The van der Waals surface area contributed by atoms with Crippen LogP contribution in [0.1, 0.15) is 21.5 Å². The number of halogens is 1. The monoisotopic (exact) mass is 438 g/mol. The molecule has 0 saturated carbocycles. The van der Waals surface area contributed by atoms with E-state index in [1.165, 1.54) is 0 Å². The number of ether oxygens (including phenoxy) is 2. The minimum atomic E-state index is -0.279. The molecule has 0 bridgehead atoms. The van der Waals surface area contributed by atoms with Crippen LogP contribution >= 0.6 is 15.9 Å². The van der Waals surface area contributed by atoms with E-state index < -0.39 is 0 Å². The first-order chi connectivity index (χ1) is 13.7. The highest BCUT2D eigenvalue weighted by atomic mass is 79.9. The van der Waals surface area contributed by atoms with Crippen molar-refractivity contribution in [2.24, 2.45) is 5.10 Å². The molecule has 3 aromatic carbocycles. The fraction of sp³-hybridized carbons (Fsp3) is 0.0909. The van der Waals surface area contributed by atoms with Crippen LogP contribution in [0.25, 0.3) is 0 Å². The van der Waals surface area contributed by atoms with Crippen molar-refractivity contribution < 1.29 is 14.3 Å². The summed E-state index contributed by atoms with van der Waals surface area (Å²) in [6.07, 6.45) is 1.56. The molecule has 3 aromatic rings. The highest BCUT2D eigenvalue weighted by Crippen LogP contribution is 2.28. The number of carbonyl (C=O) groups is 1. The number of nitrogens with one attached hydrogen (secondary N) is 1. The lowest BCUT2D eigenvalue weighted by Crippen LogP contribution is -2.17. The van der Waals surface area contributed by atoms with E-state index in [9.17, 15) is 4.79 Å². The molecule has 0 saturated heterocycles. The molecule has 0 aliphatic heterocycles. The topological polar surface area (TPSA) is 59.9 Å². The van der Waals surface area contributed by atoms with Crippen molar-refractivity contribution in [3.05, 3.63) is 94.0 Å². The van der Waals surface area contributed by atoms with E-state index in [0.29, 0.717) is 23.7 Å². The summed E-state index contributed by atoms with van der Waals surface area (Å²) in [5.74, 6) is 0.958. The molecule has 1 amide bonds. The Morgan fingerprint density at radius 2 is 1.79 bits per heavy atom. The standard InChI is InChI=1S/C22H19BrN2O3/c1-27-21-13-17(7-12-20(21)28-15-16-5-3-2-4-6-16)14-24-25-22(26)18-8-10-19(23)11-9-18/h2-14H,15H2,1H3,(H,25,26)/b24-14-. The van der Waals surface area contributed by atoms with Crippen LogP contribution in [0.2, 0.25) is 0 Å². The minimum absolute atomic E-state index is 0.279. The summed E-state index contributed by atoms with van der Waals surface area (Å²) in [5, 5.41) is 4.01. The molecule has 6 heteroatoms. The number of nitrogens with zero attached hydrogens (tertiary/aromatic N) is 1. The Morgan fingerprint density at radius 3 is 2.50 bits per heavy atom. The van der Waals surface area contributed by atoms with Gasteiger partial charge in [0, 0.05) is 10.0 Å². The number of rotatable bonds is 7. The molecular weight excluding hydrogens is 420 g/mol. The van der Waals surface area contributed by atoms with Crippen LogP contribution < -0.4 is 14.9 Å². The Labute approximate surface area is 172 Å². The van der Waals surface area contributed by atoms with Gasteiger partial charge in [0.1, 0.15) is 6.61 Å². The molecule has 0 radical (unpaired) electrons. The van der Waals surface area contributed by atoms with E-state index in [1.807, 2.05) is 42.5 Å². The summed E-state index contributed by atoms with van der Waals surface area (Å²) in [5.41, 5.74) is 4.89. The number of hydrazone groups is 1. The van der Waals surface area contributed by atoms with Crippen LogP contribution in [-0.2, 0) is 6.61 Å². The number of benzene rings is 3. The Kier molecular flexibility index (Phi) is 6.81. The molecule has 0 aromatic heterocycles. The number of amides is 1. The second kappa shape index (κ2) is 9.71. The first-order valence-electron chi connectivity index (χ1n) is 8.59. The van der Waals surface area contributed by atoms with E-state index in [0.717, 1.165) is 15.6 Å². The smallest absolute Gasteiger partial charge is 0.271 e. The molecule has 0 heterocycles. The van der Waals surface area contributed by atoms with Crippen molar-refractivity contribution in [1.29, 1.82) is 0 Å². The fourth-order valence-electron chi connectivity index (χ4n) is 2.45. The van der Waals surface area contributed by atoms with E-state index in [2.05, 4.69) is 26.5 Å². The van der Waals surface area contributed by atoms with Gasteiger partial charge in [0.2, 0.25) is 0 Å². The van der Waals surface area contributed by atoms with Crippen LogP contribution in [0.4, 0.5) is 0 Å². The predicted molar refractivity (Wildman–Crippen MR) is 113 cm³/mol. The van der Waals surface area contributed by atoms with E-state index in [-0.39, 0.29) is 5.91 Å². The third-order valence-corrected chi connectivity index (χ3v) is 4.44. The normalized spacial score (nSPS) is 10.6. The van der Waals surface area contributed by atoms with Crippen molar-refractivity contribution in [3.63, 3.8) is 0 Å². The zero-order valence-corrected chi connectivity index (χ0v) is 16.8. The van der Waals surface area contributed by atoms with Gasteiger partial charge in [-0.15, -0.1) is 0 Å². The van der Waals surface area contributed by atoms with Crippen LogP contribution in [-0.4, -0.2) is 19.2 Å². The maximum Gasteiger partial charge on any atom is 0.271 e. The molecule has 0 aliphatic rings. The minimum Gasteiger partial charge on any atom is -0.493 e. The van der Waals surface area contributed by atoms with Gasteiger partial charge in [0.25, 0.3) is 5.91 Å². The SMILES string of the molecule is COc1cc(/C=N\NC(=O)c2ccc(Br)cc2)ccc1OCc1ccccc1. The zero-order valence-electron chi connectivity index (χ0n) is 15.3. The van der Waals surface area contributed by atoms with Crippen molar-refractivity contribution >= 4 is 28.1 Å². The van der Waals surface area contributed by atoms with Gasteiger partial charge in [-0.2, -0.15) is 5.10 Å². The molecule has 3 rings (SSSR count). The summed E-state index contributed by atoms with van der Waals surface area (Å²) in [6.45, 7) is 0.452. The first-order valence-corrected chi connectivity index (χ1v) is 9.39. The van der Waals surface area contributed by atoms with Gasteiger partial charge in [-0.1, -0.05) is 46.3 Å². The lowest BCUT2D eigenvalue weighted by atomic mass is 10.2. The van der Waals surface area contributed by atoms with E-state index in [4.69, 9.17) is 9.47 Å². The van der Waals surface area contributed by atoms with Crippen molar-refractivity contribution in [2.75, 3.05) is 7.11 Å². The highest BCUT2D eigenvalue weighted by molar-refractivity contribution is 9.10. The molecule has 28 heavy (non-hydrogen) atoms. The Hall–Kier alpha value is -3.12.